The molecule has 44 heavy (non-hydrogen) atoms. The number of nitrogens with one attached hydrogen (secondary N) is 1. The van der Waals surface area contributed by atoms with Crippen molar-refractivity contribution in [2.75, 3.05) is 19.6 Å². The first kappa shape index (κ1) is 30.4. The van der Waals surface area contributed by atoms with E-state index in [0.717, 1.165) is 17.7 Å². The highest BCUT2D eigenvalue weighted by Crippen LogP contribution is 2.28. The minimum absolute atomic E-state index is 0.0900. The van der Waals surface area contributed by atoms with Crippen molar-refractivity contribution in [2.24, 2.45) is 5.73 Å². The van der Waals surface area contributed by atoms with E-state index in [-0.39, 0.29) is 18.5 Å². The number of carboxylic acids is 1. The molecule has 3 aromatic carbocycles. The van der Waals surface area contributed by atoms with Crippen molar-refractivity contribution in [2.45, 2.75) is 31.6 Å². The summed E-state index contributed by atoms with van der Waals surface area (Å²) in [6, 6.07) is 29.4. The summed E-state index contributed by atoms with van der Waals surface area (Å²) < 4.78 is 1.59. The number of carboxylic acid groups (broad SMARTS) is 1. The summed E-state index contributed by atoms with van der Waals surface area (Å²) in [5, 5.41) is 11.0. The largest absolute Gasteiger partial charge is 0.480 e. The lowest BCUT2D eigenvalue weighted by atomic mass is 9.99. The van der Waals surface area contributed by atoms with Crippen LogP contribution in [0.25, 0.3) is 11.3 Å². The van der Waals surface area contributed by atoms with Gasteiger partial charge in [-0.2, -0.15) is 0 Å². The third-order valence-corrected chi connectivity index (χ3v) is 7.76. The minimum atomic E-state index is -1.86. The highest BCUT2D eigenvalue weighted by Gasteiger charge is 2.33. The number of aliphatic carboxylic acids is 1. The van der Waals surface area contributed by atoms with Gasteiger partial charge in [-0.3, -0.25) is 24.6 Å². The predicted octanol–water partition coefficient (Wildman–Crippen LogP) is 2.78. The average Bonchev–Trinajstić information content (AvgIpc) is 3.45. The van der Waals surface area contributed by atoms with Crippen LogP contribution in [0.5, 0.6) is 0 Å². The zero-order chi connectivity index (χ0) is 31.1. The molecule has 0 radical (unpaired) electrons. The fraction of sp³-hybridized carbons (Fsp3) is 0.235. The molecule has 1 aliphatic heterocycles. The number of benzene rings is 3. The standard InChI is InChI=1S/C34H35N5O5/c35-30(34(43)44)32(41)36-29(40)23-38-17-16-28(31(38)26-14-8-3-9-15-26)33(42)39-19-18-37(21-25-12-6-2-7-13-25)22-27(39)20-24-10-4-1-5-11-24/h1-17,27,30H,18-23,35H2,(H,43,44)(H,36,40,41)/t27-,30-/m1/s1. The number of rotatable bonds is 10. The summed E-state index contributed by atoms with van der Waals surface area (Å²) in [4.78, 5) is 54.5. The van der Waals surface area contributed by atoms with Crippen LogP contribution < -0.4 is 11.1 Å². The van der Waals surface area contributed by atoms with Crippen molar-refractivity contribution in [1.82, 2.24) is 19.7 Å². The van der Waals surface area contributed by atoms with Gasteiger partial charge in [0, 0.05) is 38.4 Å². The fourth-order valence-corrected chi connectivity index (χ4v) is 5.60. The molecule has 5 rings (SSSR count). The number of piperazine rings is 1. The van der Waals surface area contributed by atoms with Crippen molar-refractivity contribution in [3.05, 3.63) is 120 Å². The Morgan fingerprint density at radius 1 is 0.841 bits per heavy atom. The summed E-state index contributed by atoms with van der Waals surface area (Å²) in [5.74, 6) is -3.53. The van der Waals surface area contributed by atoms with Crippen LogP contribution in [0.3, 0.4) is 0 Å². The van der Waals surface area contributed by atoms with E-state index in [9.17, 15) is 19.2 Å². The maximum atomic E-state index is 14.4. The molecule has 3 amide bonds. The van der Waals surface area contributed by atoms with Crippen LogP contribution in [0.4, 0.5) is 0 Å². The fourth-order valence-electron chi connectivity index (χ4n) is 5.60. The molecule has 10 nitrogen and oxygen atoms in total. The van der Waals surface area contributed by atoms with E-state index in [1.807, 2.05) is 76.9 Å². The number of amides is 3. The molecular weight excluding hydrogens is 558 g/mol. The van der Waals surface area contributed by atoms with Gasteiger partial charge in [0.1, 0.15) is 6.54 Å². The molecule has 10 heteroatoms. The Hall–Kier alpha value is -5.06. The van der Waals surface area contributed by atoms with E-state index < -0.39 is 23.8 Å². The van der Waals surface area contributed by atoms with Crippen LogP contribution in [-0.4, -0.2) is 74.9 Å². The number of hydrogen-bond acceptors (Lipinski definition) is 6. The van der Waals surface area contributed by atoms with Crippen LogP contribution in [0.1, 0.15) is 21.5 Å². The molecule has 4 N–H and O–H groups in total. The lowest BCUT2D eigenvalue weighted by Gasteiger charge is -2.42. The van der Waals surface area contributed by atoms with E-state index in [1.165, 1.54) is 5.56 Å². The van der Waals surface area contributed by atoms with Gasteiger partial charge in [-0.25, -0.2) is 4.79 Å². The molecule has 0 saturated carbocycles. The van der Waals surface area contributed by atoms with Crippen molar-refractivity contribution < 1.29 is 24.3 Å². The van der Waals surface area contributed by atoms with Crippen LogP contribution in [-0.2, 0) is 33.9 Å². The number of aromatic nitrogens is 1. The molecule has 1 aromatic heterocycles. The Labute approximate surface area is 255 Å². The monoisotopic (exact) mass is 593 g/mol. The van der Waals surface area contributed by atoms with Gasteiger partial charge in [-0.1, -0.05) is 91.0 Å². The number of carbonyl (C=O) groups excluding carboxylic acids is 3. The first-order valence-electron chi connectivity index (χ1n) is 14.5. The smallest absolute Gasteiger partial charge is 0.330 e. The van der Waals surface area contributed by atoms with E-state index in [1.54, 1.807) is 16.8 Å². The summed E-state index contributed by atoms with van der Waals surface area (Å²) >= 11 is 0. The van der Waals surface area contributed by atoms with Gasteiger partial charge < -0.3 is 20.3 Å². The van der Waals surface area contributed by atoms with Gasteiger partial charge in [-0.05, 0) is 29.2 Å². The van der Waals surface area contributed by atoms with Crippen molar-refractivity contribution in [1.29, 1.82) is 0 Å². The first-order valence-corrected chi connectivity index (χ1v) is 14.5. The molecule has 226 valence electrons. The van der Waals surface area contributed by atoms with Crippen molar-refractivity contribution in [3.63, 3.8) is 0 Å². The van der Waals surface area contributed by atoms with E-state index in [4.69, 9.17) is 10.8 Å². The maximum absolute atomic E-state index is 14.4. The van der Waals surface area contributed by atoms with Crippen molar-refractivity contribution in [3.8, 4) is 11.3 Å². The summed E-state index contributed by atoms with van der Waals surface area (Å²) in [5.41, 5.74) is 9.40. The topological polar surface area (TPSA) is 138 Å². The molecular formula is C34H35N5O5. The number of hydrogen-bond donors (Lipinski definition) is 3. The van der Waals surface area contributed by atoms with Gasteiger partial charge >= 0.3 is 5.97 Å². The Bertz CT molecular complexity index is 1610. The van der Waals surface area contributed by atoms with Crippen molar-refractivity contribution >= 4 is 23.7 Å². The van der Waals surface area contributed by atoms with Gasteiger partial charge in [0.05, 0.1) is 11.3 Å². The first-order chi connectivity index (χ1) is 21.3. The molecule has 2 atom stereocenters. The molecule has 1 saturated heterocycles. The quantitative estimate of drug-likeness (QED) is 0.241. The SMILES string of the molecule is N[C@@H](C(=O)O)C(=O)NC(=O)Cn1ccc(C(=O)N2CCN(Cc3ccccc3)C[C@H]2Cc2ccccc2)c1-c1ccccc1. The van der Waals surface area contributed by atoms with Crippen LogP contribution in [0, 0.1) is 0 Å². The number of nitrogens with zero attached hydrogens (tertiary/aromatic N) is 3. The van der Waals surface area contributed by atoms with Gasteiger partial charge in [0.15, 0.2) is 6.04 Å². The molecule has 1 aliphatic rings. The Balaban J connectivity index is 1.42. The molecule has 0 bridgehead atoms. The molecule has 1 fully saturated rings. The van der Waals surface area contributed by atoms with Crippen LogP contribution in [0.15, 0.2) is 103 Å². The van der Waals surface area contributed by atoms with Crippen LogP contribution in [0.2, 0.25) is 0 Å². The lowest BCUT2D eigenvalue weighted by molar-refractivity contribution is -0.143. The second-order valence-electron chi connectivity index (χ2n) is 10.9. The maximum Gasteiger partial charge on any atom is 0.330 e. The average molecular weight is 594 g/mol. The van der Waals surface area contributed by atoms with E-state index in [0.29, 0.717) is 37.3 Å². The lowest BCUT2D eigenvalue weighted by Crippen LogP contribution is -2.55. The molecule has 4 aromatic rings. The van der Waals surface area contributed by atoms with Crippen LogP contribution >= 0.6 is 0 Å². The number of imide groups is 1. The minimum Gasteiger partial charge on any atom is -0.480 e. The molecule has 0 aliphatic carbocycles. The summed E-state index contributed by atoms with van der Waals surface area (Å²) in [7, 11) is 0. The zero-order valence-electron chi connectivity index (χ0n) is 24.2. The second-order valence-corrected chi connectivity index (χ2v) is 10.9. The summed E-state index contributed by atoms with van der Waals surface area (Å²) in [6.07, 6.45) is 2.32. The Morgan fingerprint density at radius 2 is 1.45 bits per heavy atom. The van der Waals surface area contributed by atoms with Gasteiger partial charge in [-0.15, -0.1) is 0 Å². The third kappa shape index (κ3) is 7.28. The van der Waals surface area contributed by atoms with E-state index >= 15 is 0 Å². The summed E-state index contributed by atoms with van der Waals surface area (Å²) in [6.45, 7) is 2.42. The Kier molecular flexibility index (Phi) is 9.63. The third-order valence-electron chi connectivity index (χ3n) is 7.76. The van der Waals surface area contributed by atoms with Gasteiger partial charge in [0.25, 0.3) is 11.8 Å². The zero-order valence-corrected chi connectivity index (χ0v) is 24.2. The number of carbonyl (C=O) groups is 4. The molecule has 0 spiro atoms. The molecule has 2 heterocycles. The number of nitrogens with two attached hydrogens (primary N) is 1. The normalized spacial score (nSPS) is 15.8. The van der Waals surface area contributed by atoms with Gasteiger partial charge in [0.2, 0.25) is 5.91 Å². The highest BCUT2D eigenvalue weighted by atomic mass is 16.4. The Morgan fingerprint density at radius 3 is 2.09 bits per heavy atom. The molecule has 0 unspecified atom stereocenters. The second kappa shape index (κ2) is 13.9. The predicted molar refractivity (Wildman–Crippen MR) is 165 cm³/mol. The highest BCUT2D eigenvalue weighted by molar-refractivity contribution is 6.07. The van der Waals surface area contributed by atoms with E-state index in [2.05, 4.69) is 29.2 Å².